The minimum Gasteiger partial charge on any atom is -0.497 e. The molecule has 25 heavy (non-hydrogen) atoms. The number of carbonyl (C=O) groups is 1. The zero-order valence-corrected chi connectivity index (χ0v) is 13.7. The molecule has 3 rings (SSSR count). The third-order valence-corrected chi connectivity index (χ3v) is 3.45. The molecular formula is C20H18N2O3. The molecule has 3 aromatic rings. The molecular weight excluding hydrogens is 316 g/mol. The second kappa shape index (κ2) is 7.88. The molecule has 2 amide bonds. The highest BCUT2D eigenvalue weighted by Crippen LogP contribution is 2.29. The number of hydrogen-bond acceptors (Lipinski definition) is 3. The average Bonchev–Trinajstić information content (AvgIpc) is 2.65. The normalized spacial score (nSPS) is 9.96. The Bertz CT molecular complexity index is 833. The van der Waals surface area contributed by atoms with Gasteiger partial charge in [-0.1, -0.05) is 30.3 Å². The first-order valence-electron chi connectivity index (χ1n) is 7.78. The highest BCUT2D eigenvalue weighted by Gasteiger charge is 2.08. The van der Waals surface area contributed by atoms with Gasteiger partial charge in [-0.25, -0.2) is 4.79 Å². The second-order valence-electron chi connectivity index (χ2n) is 5.22. The van der Waals surface area contributed by atoms with Gasteiger partial charge in [0.05, 0.1) is 12.8 Å². The van der Waals surface area contributed by atoms with Crippen molar-refractivity contribution in [3.8, 4) is 17.2 Å². The monoisotopic (exact) mass is 334 g/mol. The van der Waals surface area contributed by atoms with E-state index in [9.17, 15) is 4.79 Å². The smallest absolute Gasteiger partial charge is 0.323 e. The van der Waals surface area contributed by atoms with Crippen LogP contribution in [0.5, 0.6) is 17.2 Å². The standard InChI is InChI=1S/C20H18N2O3/c1-24-16-13-11-15(12-14-16)21-20(23)22-18-9-5-6-10-19(18)25-17-7-3-2-4-8-17/h2-14H,1H3,(H2,21,22,23). The quantitative estimate of drug-likeness (QED) is 0.680. The van der Waals surface area contributed by atoms with E-state index in [1.54, 1.807) is 43.5 Å². The van der Waals surface area contributed by atoms with E-state index in [2.05, 4.69) is 10.6 Å². The van der Waals surface area contributed by atoms with Gasteiger partial charge in [0.1, 0.15) is 11.5 Å². The highest BCUT2D eigenvalue weighted by atomic mass is 16.5. The summed E-state index contributed by atoms with van der Waals surface area (Å²) in [6.07, 6.45) is 0. The van der Waals surface area contributed by atoms with Crippen LogP contribution in [0.4, 0.5) is 16.2 Å². The molecule has 2 N–H and O–H groups in total. The maximum absolute atomic E-state index is 12.2. The van der Waals surface area contributed by atoms with E-state index in [0.717, 1.165) is 5.75 Å². The van der Waals surface area contributed by atoms with E-state index in [4.69, 9.17) is 9.47 Å². The van der Waals surface area contributed by atoms with E-state index < -0.39 is 0 Å². The fourth-order valence-electron chi connectivity index (χ4n) is 2.23. The van der Waals surface area contributed by atoms with Gasteiger partial charge in [0.25, 0.3) is 0 Å². The summed E-state index contributed by atoms with van der Waals surface area (Å²) in [6, 6.07) is 23.4. The van der Waals surface area contributed by atoms with Crippen LogP contribution in [0, 0.1) is 0 Å². The molecule has 0 heterocycles. The van der Waals surface area contributed by atoms with Crippen molar-refractivity contribution in [3.05, 3.63) is 78.9 Å². The Hall–Kier alpha value is -3.47. The second-order valence-corrected chi connectivity index (χ2v) is 5.22. The molecule has 0 aliphatic carbocycles. The first kappa shape index (κ1) is 16.4. The van der Waals surface area contributed by atoms with Crippen LogP contribution in [0.1, 0.15) is 0 Å². The fourth-order valence-corrected chi connectivity index (χ4v) is 2.23. The van der Waals surface area contributed by atoms with Crippen molar-refractivity contribution in [2.75, 3.05) is 17.7 Å². The number of anilines is 2. The minimum absolute atomic E-state index is 0.353. The molecule has 126 valence electrons. The van der Waals surface area contributed by atoms with Crippen LogP contribution in [0.15, 0.2) is 78.9 Å². The summed E-state index contributed by atoms with van der Waals surface area (Å²) in [4.78, 5) is 12.2. The predicted molar refractivity (Wildman–Crippen MR) is 98.6 cm³/mol. The van der Waals surface area contributed by atoms with Gasteiger partial charge >= 0.3 is 6.03 Å². The summed E-state index contributed by atoms with van der Waals surface area (Å²) in [5, 5.41) is 5.57. The fraction of sp³-hybridized carbons (Fsp3) is 0.0500. The van der Waals surface area contributed by atoms with Crippen molar-refractivity contribution >= 4 is 17.4 Å². The van der Waals surface area contributed by atoms with Crippen molar-refractivity contribution < 1.29 is 14.3 Å². The van der Waals surface area contributed by atoms with Crippen LogP contribution in [-0.2, 0) is 0 Å². The number of urea groups is 1. The molecule has 0 aliphatic rings. The molecule has 0 aliphatic heterocycles. The Kier molecular flexibility index (Phi) is 5.16. The summed E-state index contributed by atoms with van der Waals surface area (Å²) >= 11 is 0. The number of carbonyl (C=O) groups excluding carboxylic acids is 1. The molecule has 0 spiro atoms. The molecule has 0 radical (unpaired) electrons. The number of rotatable bonds is 5. The zero-order valence-electron chi connectivity index (χ0n) is 13.7. The number of para-hydroxylation sites is 3. The molecule has 0 saturated heterocycles. The van der Waals surface area contributed by atoms with Crippen molar-refractivity contribution in [2.45, 2.75) is 0 Å². The van der Waals surface area contributed by atoms with Crippen LogP contribution < -0.4 is 20.1 Å². The maximum Gasteiger partial charge on any atom is 0.323 e. The van der Waals surface area contributed by atoms with Gasteiger partial charge in [-0.2, -0.15) is 0 Å². The van der Waals surface area contributed by atoms with E-state index >= 15 is 0 Å². The number of nitrogens with one attached hydrogen (secondary N) is 2. The molecule has 0 aromatic heterocycles. The van der Waals surface area contributed by atoms with Crippen LogP contribution in [0.2, 0.25) is 0 Å². The first-order valence-corrected chi connectivity index (χ1v) is 7.78. The number of benzene rings is 3. The molecule has 0 saturated carbocycles. The molecule has 0 atom stereocenters. The van der Waals surface area contributed by atoms with Gasteiger partial charge in [0.2, 0.25) is 0 Å². The van der Waals surface area contributed by atoms with Crippen LogP contribution in [-0.4, -0.2) is 13.1 Å². The van der Waals surface area contributed by atoms with E-state index in [-0.39, 0.29) is 6.03 Å². The Morgan fingerprint density at radius 1 is 0.760 bits per heavy atom. The van der Waals surface area contributed by atoms with Gasteiger partial charge in [0.15, 0.2) is 5.75 Å². The molecule has 0 unspecified atom stereocenters. The summed E-state index contributed by atoms with van der Waals surface area (Å²) in [5.41, 5.74) is 1.25. The Morgan fingerprint density at radius 2 is 1.44 bits per heavy atom. The van der Waals surface area contributed by atoms with Gasteiger partial charge in [-0.05, 0) is 48.5 Å². The number of methoxy groups -OCH3 is 1. The summed E-state index contributed by atoms with van der Waals surface area (Å²) < 4.78 is 10.9. The Labute approximate surface area is 146 Å². The molecule has 5 nitrogen and oxygen atoms in total. The lowest BCUT2D eigenvalue weighted by molar-refractivity contribution is 0.262. The van der Waals surface area contributed by atoms with E-state index in [1.807, 2.05) is 42.5 Å². The zero-order chi connectivity index (χ0) is 17.5. The topological polar surface area (TPSA) is 59.6 Å². The highest BCUT2D eigenvalue weighted by molar-refractivity contribution is 6.00. The third kappa shape index (κ3) is 4.51. The van der Waals surface area contributed by atoms with Crippen molar-refractivity contribution in [1.29, 1.82) is 0 Å². The number of amides is 2. The van der Waals surface area contributed by atoms with E-state index in [0.29, 0.717) is 22.9 Å². The maximum atomic E-state index is 12.2. The number of ether oxygens (including phenoxy) is 2. The van der Waals surface area contributed by atoms with E-state index in [1.165, 1.54) is 0 Å². The lowest BCUT2D eigenvalue weighted by atomic mass is 10.3. The van der Waals surface area contributed by atoms with Gasteiger partial charge in [0, 0.05) is 5.69 Å². The molecule has 5 heteroatoms. The Morgan fingerprint density at radius 3 is 2.16 bits per heavy atom. The summed E-state index contributed by atoms with van der Waals surface area (Å²) in [7, 11) is 1.60. The van der Waals surface area contributed by atoms with Gasteiger partial charge < -0.3 is 20.1 Å². The van der Waals surface area contributed by atoms with Gasteiger partial charge in [-0.15, -0.1) is 0 Å². The van der Waals surface area contributed by atoms with Crippen LogP contribution in [0.25, 0.3) is 0 Å². The largest absolute Gasteiger partial charge is 0.497 e. The van der Waals surface area contributed by atoms with Crippen LogP contribution >= 0.6 is 0 Å². The van der Waals surface area contributed by atoms with Crippen molar-refractivity contribution in [3.63, 3.8) is 0 Å². The Balaban J connectivity index is 1.68. The van der Waals surface area contributed by atoms with Crippen molar-refractivity contribution in [2.24, 2.45) is 0 Å². The summed E-state index contributed by atoms with van der Waals surface area (Å²) in [6.45, 7) is 0. The molecule has 0 fully saturated rings. The number of hydrogen-bond donors (Lipinski definition) is 2. The lowest BCUT2D eigenvalue weighted by Crippen LogP contribution is -2.19. The van der Waals surface area contributed by atoms with Crippen molar-refractivity contribution in [1.82, 2.24) is 0 Å². The SMILES string of the molecule is COc1ccc(NC(=O)Nc2ccccc2Oc2ccccc2)cc1. The van der Waals surface area contributed by atoms with Crippen LogP contribution in [0.3, 0.4) is 0 Å². The average molecular weight is 334 g/mol. The molecule has 3 aromatic carbocycles. The summed E-state index contributed by atoms with van der Waals surface area (Å²) in [5.74, 6) is 2.00. The van der Waals surface area contributed by atoms with Gasteiger partial charge in [-0.3, -0.25) is 0 Å². The molecule has 0 bridgehead atoms. The minimum atomic E-state index is -0.353. The predicted octanol–water partition coefficient (Wildman–Crippen LogP) is 5.13. The third-order valence-electron chi connectivity index (χ3n) is 3.45. The lowest BCUT2D eigenvalue weighted by Gasteiger charge is -2.13. The first-order chi connectivity index (χ1) is 12.2.